The quantitative estimate of drug-likeness (QED) is 0.746. The third-order valence-electron chi connectivity index (χ3n) is 3.02. The van der Waals surface area contributed by atoms with Crippen LogP contribution in [0.5, 0.6) is 0 Å². The van der Waals surface area contributed by atoms with E-state index in [1.165, 1.54) is 0 Å². The molecule has 1 aliphatic heterocycles. The first-order valence-corrected chi connectivity index (χ1v) is 7.75. The zero-order valence-corrected chi connectivity index (χ0v) is 11.2. The molecule has 0 saturated carbocycles. The van der Waals surface area contributed by atoms with Crippen LogP contribution in [0.1, 0.15) is 32.6 Å². The Bertz CT molecular complexity index is 417. The summed E-state index contributed by atoms with van der Waals surface area (Å²) in [7, 11) is -3.32. The minimum absolute atomic E-state index is 0.0440. The zero-order chi connectivity index (χ0) is 13.8. The highest BCUT2D eigenvalue weighted by Gasteiger charge is 2.34. The standard InChI is InChI=1S/C11H19NO5S/c1-8(6-10(13)14)7-12-11(15)9-4-2-3-5-18(9,16)17/h8-9H,2-7H2,1H3,(H,12,15)(H,13,14). The van der Waals surface area contributed by atoms with E-state index in [1.807, 2.05) is 0 Å². The molecule has 104 valence electrons. The summed E-state index contributed by atoms with van der Waals surface area (Å²) in [5.41, 5.74) is 0. The van der Waals surface area contributed by atoms with Crippen LogP contribution in [0.4, 0.5) is 0 Å². The van der Waals surface area contributed by atoms with Gasteiger partial charge in [0.2, 0.25) is 5.91 Å². The highest BCUT2D eigenvalue weighted by atomic mass is 32.2. The SMILES string of the molecule is CC(CNC(=O)C1CCCCS1(=O)=O)CC(=O)O. The van der Waals surface area contributed by atoms with E-state index < -0.39 is 27.0 Å². The Hall–Kier alpha value is -1.11. The zero-order valence-electron chi connectivity index (χ0n) is 10.4. The van der Waals surface area contributed by atoms with Crippen molar-refractivity contribution in [3.8, 4) is 0 Å². The van der Waals surface area contributed by atoms with E-state index in [0.29, 0.717) is 12.8 Å². The van der Waals surface area contributed by atoms with Gasteiger partial charge in [0.05, 0.1) is 5.75 Å². The van der Waals surface area contributed by atoms with E-state index in [0.717, 1.165) is 6.42 Å². The Morgan fingerprint density at radius 1 is 1.39 bits per heavy atom. The molecule has 1 aliphatic rings. The average molecular weight is 277 g/mol. The Kier molecular flexibility index (Phi) is 5.13. The lowest BCUT2D eigenvalue weighted by Crippen LogP contribution is -2.44. The number of carboxylic acids is 1. The van der Waals surface area contributed by atoms with Gasteiger partial charge in [-0.3, -0.25) is 9.59 Å². The topological polar surface area (TPSA) is 101 Å². The first-order valence-electron chi connectivity index (χ1n) is 6.04. The second kappa shape index (κ2) is 6.17. The van der Waals surface area contributed by atoms with Crippen molar-refractivity contribution >= 4 is 21.7 Å². The van der Waals surface area contributed by atoms with E-state index in [9.17, 15) is 18.0 Å². The molecule has 2 atom stereocenters. The number of sulfone groups is 1. The summed E-state index contributed by atoms with van der Waals surface area (Å²) in [6, 6.07) is 0. The third-order valence-corrected chi connectivity index (χ3v) is 5.19. The van der Waals surface area contributed by atoms with Gasteiger partial charge in [0.25, 0.3) is 0 Å². The number of carbonyl (C=O) groups excluding carboxylic acids is 1. The normalized spacial score (nSPS) is 24.2. The fraction of sp³-hybridized carbons (Fsp3) is 0.818. The fourth-order valence-corrected chi connectivity index (χ4v) is 3.83. The van der Waals surface area contributed by atoms with Gasteiger partial charge >= 0.3 is 5.97 Å². The number of carbonyl (C=O) groups is 2. The van der Waals surface area contributed by atoms with Crippen molar-refractivity contribution in [1.82, 2.24) is 5.32 Å². The molecule has 7 heteroatoms. The van der Waals surface area contributed by atoms with Crippen molar-refractivity contribution in [2.75, 3.05) is 12.3 Å². The summed E-state index contributed by atoms with van der Waals surface area (Å²) < 4.78 is 23.4. The lowest BCUT2D eigenvalue weighted by atomic mass is 10.1. The molecule has 1 fully saturated rings. The number of amides is 1. The lowest BCUT2D eigenvalue weighted by Gasteiger charge is -2.22. The molecule has 6 nitrogen and oxygen atoms in total. The second-order valence-corrected chi connectivity index (χ2v) is 7.10. The van der Waals surface area contributed by atoms with Crippen molar-refractivity contribution in [3.63, 3.8) is 0 Å². The monoisotopic (exact) mass is 277 g/mol. The molecular formula is C11H19NO5S. The van der Waals surface area contributed by atoms with Crippen LogP contribution in [0, 0.1) is 5.92 Å². The van der Waals surface area contributed by atoms with Crippen LogP contribution in [0.15, 0.2) is 0 Å². The van der Waals surface area contributed by atoms with Crippen LogP contribution in [0.2, 0.25) is 0 Å². The number of hydrogen-bond acceptors (Lipinski definition) is 4. The fourth-order valence-electron chi connectivity index (χ4n) is 2.01. The van der Waals surface area contributed by atoms with Gasteiger partial charge in [-0.25, -0.2) is 8.42 Å². The number of nitrogens with one attached hydrogen (secondary N) is 1. The molecule has 0 spiro atoms. The molecule has 1 amide bonds. The van der Waals surface area contributed by atoms with E-state index in [2.05, 4.69) is 5.32 Å². The molecule has 2 N–H and O–H groups in total. The van der Waals surface area contributed by atoms with E-state index in [1.54, 1.807) is 6.92 Å². The van der Waals surface area contributed by atoms with Crippen LogP contribution in [0.3, 0.4) is 0 Å². The minimum atomic E-state index is -3.32. The van der Waals surface area contributed by atoms with E-state index in [-0.39, 0.29) is 24.6 Å². The number of hydrogen-bond donors (Lipinski definition) is 2. The number of carboxylic acid groups (broad SMARTS) is 1. The minimum Gasteiger partial charge on any atom is -0.481 e. The molecule has 1 saturated heterocycles. The predicted molar refractivity (Wildman–Crippen MR) is 65.9 cm³/mol. The molecular weight excluding hydrogens is 258 g/mol. The third kappa shape index (κ3) is 4.29. The van der Waals surface area contributed by atoms with Crippen LogP contribution < -0.4 is 5.32 Å². The van der Waals surface area contributed by atoms with Gasteiger partial charge < -0.3 is 10.4 Å². The summed E-state index contributed by atoms with van der Waals surface area (Å²) in [6.45, 7) is 1.89. The van der Waals surface area contributed by atoms with Gasteiger partial charge in [-0.1, -0.05) is 13.3 Å². The van der Waals surface area contributed by atoms with Gasteiger partial charge in [-0.15, -0.1) is 0 Å². The smallest absolute Gasteiger partial charge is 0.303 e. The first kappa shape index (κ1) is 14.9. The van der Waals surface area contributed by atoms with E-state index >= 15 is 0 Å². The molecule has 0 aromatic rings. The number of rotatable bonds is 5. The number of aliphatic carboxylic acids is 1. The molecule has 0 bridgehead atoms. The summed E-state index contributed by atoms with van der Waals surface area (Å²) in [6.07, 6.45) is 1.67. The van der Waals surface area contributed by atoms with Gasteiger partial charge in [0, 0.05) is 13.0 Å². The van der Waals surface area contributed by atoms with Crippen molar-refractivity contribution in [1.29, 1.82) is 0 Å². The molecule has 0 aliphatic carbocycles. The van der Waals surface area contributed by atoms with Gasteiger partial charge in [0.15, 0.2) is 9.84 Å². The van der Waals surface area contributed by atoms with Gasteiger partial charge in [-0.05, 0) is 18.8 Å². The molecule has 18 heavy (non-hydrogen) atoms. The highest BCUT2D eigenvalue weighted by molar-refractivity contribution is 7.92. The van der Waals surface area contributed by atoms with Crippen LogP contribution in [0.25, 0.3) is 0 Å². The predicted octanol–water partition coefficient (Wildman–Crippen LogP) is 0.181. The highest BCUT2D eigenvalue weighted by Crippen LogP contribution is 2.19. The summed E-state index contributed by atoms with van der Waals surface area (Å²) in [5, 5.41) is 10.1. The summed E-state index contributed by atoms with van der Waals surface area (Å²) in [4.78, 5) is 22.2. The van der Waals surface area contributed by atoms with Gasteiger partial charge in [-0.2, -0.15) is 0 Å². The Morgan fingerprint density at radius 2 is 2.06 bits per heavy atom. The molecule has 1 rings (SSSR count). The Balaban J connectivity index is 2.47. The van der Waals surface area contributed by atoms with Crippen LogP contribution in [-0.4, -0.2) is 42.9 Å². The maximum absolute atomic E-state index is 11.8. The van der Waals surface area contributed by atoms with Crippen LogP contribution in [-0.2, 0) is 19.4 Å². The maximum Gasteiger partial charge on any atom is 0.303 e. The molecule has 1 heterocycles. The van der Waals surface area contributed by atoms with E-state index in [4.69, 9.17) is 5.11 Å². The van der Waals surface area contributed by atoms with Crippen molar-refractivity contribution in [2.45, 2.75) is 37.9 Å². The summed E-state index contributed by atoms with van der Waals surface area (Å²) >= 11 is 0. The molecule has 0 aromatic heterocycles. The van der Waals surface area contributed by atoms with Gasteiger partial charge in [0.1, 0.15) is 5.25 Å². The van der Waals surface area contributed by atoms with Crippen molar-refractivity contribution < 1.29 is 23.1 Å². The van der Waals surface area contributed by atoms with Crippen molar-refractivity contribution in [2.24, 2.45) is 5.92 Å². The second-order valence-electron chi connectivity index (χ2n) is 4.80. The lowest BCUT2D eigenvalue weighted by molar-refractivity contribution is -0.138. The Morgan fingerprint density at radius 3 is 2.61 bits per heavy atom. The first-order chi connectivity index (χ1) is 8.33. The summed E-state index contributed by atoms with van der Waals surface area (Å²) in [5.74, 6) is -1.57. The molecule has 2 unspecified atom stereocenters. The molecule has 0 radical (unpaired) electrons. The van der Waals surface area contributed by atoms with Crippen LogP contribution >= 0.6 is 0 Å². The van der Waals surface area contributed by atoms with Crippen molar-refractivity contribution in [3.05, 3.63) is 0 Å². The maximum atomic E-state index is 11.8. The molecule has 0 aromatic carbocycles. The average Bonchev–Trinajstić information content (AvgIpc) is 2.24. The largest absolute Gasteiger partial charge is 0.481 e. The Labute approximate surface area is 107 Å².